The molecule has 0 saturated heterocycles. The number of aromatic nitrogens is 2. The van der Waals surface area contributed by atoms with E-state index in [9.17, 15) is 4.39 Å². The molecule has 1 unspecified atom stereocenters. The molecule has 0 aliphatic carbocycles. The minimum atomic E-state index is -0.199. The molecule has 106 valence electrons. The van der Waals surface area contributed by atoms with E-state index in [0.717, 1.165) is 30.9 Å². The van der Waals surface area contributed by atoms with Gasteiger partial charge in [-0.1, -0.05) is 6.07 Å². The van der Waals surface area contributed by atoms with Crippen molar-refractivity contribution in [3.8, 4) is 0 Å². The summed E-state index contributed by atoms with van der Waals surface area (Å²) in [6, 6.07) is 5.05. The van der Waals surface area contributed by atoms with E-state index in [0.29, 0.717) is 6.54 Å². The van der Waals surface area contributed by atoms with Crippen LogP contribution in [0.3, 0.4) is 0 Å². The zero-order valence-corrected chi connectivity index (χ0v) is 11.6. The molecule has 1 aliphatic rings. The Morgan fingerprint density at radius 3 is 3.05 bits per heavy atom. The van der Waals surface area contributed by atoms with E-state index in [-0.39, 0.29) is 11.9 Å². The first kappa shape index (κ1) is 13.1. The monoisotopic (exact) mass is 274 g/mol. The minimum Gasteiger partial charge on any atom is -0.361 e. The van der Waals surface area contributed by atoms with Gasteiger partial charge in [0.1, 0.15) is 5.82 Å². The number of aryl methyl sites for hydroxylation is 1. The SMILES string of the molecule is CCn1cncc1C(CN)N1CCc2ccc(F)cc21. The van der Waals surface area contributed by atoms with Gasteiger partial charge in [0.05, 0.1) is 24.3 Å². The molecule has 1 aromatic carbocycles. The maximum Gasteiger partial charge on any atom is 0.125 e. The van der Waals surface area contributed by atoms with E-state index in [4.69, 9.17) is 5.73 Å². The molecule has 4 nitrogen and oxygen atoms in total. The lowest BCUT2D eigenvalue weighted by molar-refractivity contribution is 0.582. The molecular formula is C15H19FN4. The highest BCUT2D eigenvalue weighted by Crippen LogP contribution is 2.35. The van der Waals surface area contributed by atoms with E-state index >= 15 is 0 Å². The van der Waals surface area contributed by atoms with Gasteiger partial charge in [-0.3, -0.25) is 0 Å². The quantitative estimate of drug-likeness (QED) is 0.929. The second-order valence-electron chi connectivity index (χ2n) is 5.07. The number of nitrogens with zero attached hydrogens (tertiary/aromatic N) is 3. The Kier molecular flexibility index (Phi) is 3.44. The van der Waals surface area contributed by atoms with Crippen LogP contribution in [-0.4, -0.2) is 22.6 Å². The number of halogens is 1. The third kappa shape index (κ3) is 2.08. The van der Waals surface area contributed by atoms with Gasteiger partial charge >= 0.3 is 0 Å². The van der Waals surface area contributed by atoms with Crippen molar-refractivity contribution in [3.05, 3.63) is 47.8 Å². The number of nitrogens with two attached hydrogens (primary N) is 1. The van der Waals surface area contributed by atoms with Gasteiger partial charge in [-0.05, 0) is 31.0 Å². The molecule has 3 rings (SSSR count). The van der Waals surface area contributed by atoms with Crippen molar-refractivity contribution >= 4 is 5.69 Å². The summed E-state index contributed by atoms with van der Waals surface area (Å²) in [5, 5.41) is 0. The largest absolute Gasteiger partial charge is 0.361 e. The molecule has 2 aromatic rings. The summed E-state index contributed by atoms with van der Waals surface area (Å²) in [6.45, 7) is 4.29. The van der Waals surface area contributed by atoms with Gasteiger partial charge in [-0.25, -0.2) is 9.37 Å². The van der Waals surface area contributed by atoms with Crippen molar-refractivity contribution in [2.24, 2.45) is 5.73 Å². The van der Waals surface area contributed by atoms with Crippen LogP contribution >= 0.6 is 0 Å². The molecule has 0 saturated carbocycles. The molecule has 0 bridgehead atoms. The Morgan fingerprint density at radius 2 is 2.30 bits per heavy atom. The minimum absolute atomic E-state index is 0.0421. The maximum absolute atomic E-state index is 13.5. The molecule has 1 aromatic heterocycles. The number of fused-ring (bicyclic) bond motifs is 1. The molecular weight excluding hydrogens is 255 g/mol. The molecule has 5 heteroatoms. The summed E-state index contributed by atoms with van der Waals surface area (Å²) in [5.41, 5.74) is 9.23. The van der Waals surface area contributed by atoms with Gasteiger partial charge in [-0.15, -0.1) is 0 Å². The smallest absolute Gasteiger partial charge is 0.125 e. The molecule has 1 aliphatic heterocycles. The summed E-state index contributed by atoms with van der Waals surface area (Å²) < 4.78 is 15.6. The fourth-order valence-corrected chi connectivity index (χ4v) is 2.98. The van der Waals surface area contributed by atoms with Gasteiger partial charge in [0.25, 0.3) is 0 Å². The van der Waals surface area contributed by atoms with Crippen LogP contribution in [0.15, 0.2) is 30.7 Å². The first-order valence-corrected chi connectivity index (χ1v) is 6.99. The zero-order chi connectivity index (χ0) is 14.1. The van der Waals surface area contributed by atoms with Crippen LogP contribution in [0.5, 0.6) is 0 Å². The number of benzene rings is 1. The Morgan fingerprint density at radius 1 is 1.45 bits per heavy atom. The highest BCUT2D eigenvalue weighted by molar-refractivity contribution is 5.59. The summed E-state index contributed by atoms with van der Waals surface area (Å²) in [6.07, 6.45) is 4.62. The summed E-state index contributed by atoms with van der Waals surface area (Å²) in [5.74, 6) is -0.199. The maximum atomic E-state index is 13.5. The highest BCUT2D eigenvalue weighted by atomic mass is 19.1. The van der Waals surface area contributed by atoms with E-state index in [1.54, 1.807) is 6.07 Å². The van der Waals surface area contributed by atoms with Crippen LogP contribution in [0.1, 0.15) is 24.2 Å². The lowest BCUT2D eigenvalue weighted by atomic mass is 10.1. The second-order valence-corrected chi connectivity index (χ2v) is 5.07. The Labute approximate surface area is 118 Å². The van der Waals surface area contributed by atoms with Gasteiger partial charge in [0, 0.05) is 25.3 Å². The average molecular weight is 274 g/mol. The molecule has 0 spiro atoms. The van der Waals surface area contributed by atoms with Gasteiger partial charge in [-0.2, -0.15) is 0 Å². The van der Waals surface area contributed by atoms with Crippen LogP contribution in [0.2, 0.25) is 0 Å². The van der Waals surface area contributed by atoms with Crippen molar-refractivity contribution < 1.29 is 4.39 Å². The zero-order valence-electron chi connectivity index (χ0n) is 11.6. The predicted octanol–water partition coefficient (Wildman–Crippen LogP) is 2.10. The van der Waals surface area contributed by atoms with Gasteiger partial charge < -0.3 is 15.2 Å². The first-order valence-electron chi connectivity index (χ1n) is 6.99. The summed E-state index contributed by atoms with van der Waals surface area (Å²) in [7, 11) is 0. The summed E-state index contributed by atoms with van der Waals surface area (Å²) >= 11 is 0. The standard InChI is InChI=1S/C15H19FN4/c1-2-19-10-18-9-15(19)14(8-17)20-6-5-11-3-4-12(16)7-13(11)20/h3-4,7,9-10,14H,2,5-6,8,17H2,1H3. The topological polar surface area (TPSA) is 47.1 Å². The third-order valence-electron chi connectivity index (χ3n) is 4.00. The van der Waals surface area contributed by atoms with Crippen LogP contribution in [0, 0.1) is 5.82 Å². The van der Waals surface area contributed by atoms with E-state index in [2.05, 4.69) is 21.4 Å². The van der Waals surface area contributed by atoms with Gasteiger partial charge in [0.2, 0.25) is 0 Å². The first-order chi connectivity index (χ1) is 9.74. The number of hydrogen-bond donors (Lipinski definition) is 1. The molecule has 2 heterocycles. The molecule has 0 fully saturated rings. The Hall–Kier alpha value is -1.88. The van der Waals surface area contributed by atoms with Crippen molar-refractivity contribution in [1.82, 2.24) is 9.55 Å². The fraction of sp³-hybridized carbons (Fsp3) is 0.400. The molecule has 0 radical (unpaired) electrons. The van der Waals surface area contributed by atoms with E-state index < -0.39 is 0 Å². The number of rotatable bonds is 4. The number of imidazole rings is 1. The highest BCUT2D eigenvalue weighted by Gasteiger charge is 2.28. The van der Waals surface area contributed by atoms with Crippen LogP contribution in [0.4, 0.5) is 10.1 Å². The van der Waals surface area contributed by atoms with Crippen LogP contribution in [-0.2, 0) is 13.0 Å². The fourth-order valence-electron chi connectivity index (χ4n) is 2.98. The lowest BCUT2D eigenvalue weighted by Gasteiger charge is -2.30. The molecule has 1 atom stereocenters. The normalized spacial score (nSPS) is 15.4. The van der Waals surface area contributed by atoms with Gasteiger partial charge in [0.15, 0.2) is 0 Å². The molecule has 2 N–H and O–H groups in total. The van der Waals surface area contributed by atoms with Crippen LogP contribution in [0.25, 0.3) is 0 Å². The molecule has 20 heavy (non-hydrogen) atoms. The number of anilines is 1. The van der Waals surface area contributed by atoms with Crippen molar-refractivity contribution in [2.75, 3.05) is 18.0 Å². The molecule has 0 amide bonds. The lowest BCUT2D eigenvalue weighted by Crippen LogP contribution is -2.33. The van der Waals surface area contributed by atoms with Crippen molar-refractivity contribution in [1.29, 1.82) is 0 Å². The predicted molar refractivity (Wildman–Crippen MR) is 77.1 cm³/mol. The van der Waals surface area contributed by atoms with Crippen molar-refractivity contribution in [2.45, 2.75) is 25.9 Å². The second kappa shape index (κ2) is 5.25. The van der Waals surface area contributed by atoms with Crippen molar-refractivity contribution in [3.63, 3.8) is 0 Å². The third-order valence-corrected chi connectivity index (χ3v) is 4.00. The Balaban J connectivity index is 1.99. The summed E-state index contributed by atoms with van der Waals surface area (Å²) in [4.78, 5) is 6.41. The van der Waals surface area contributed by atoms with E-state index in [1.807, 2.05) is 18.6 Å². The van der Waals surface area contributed by atoms with Crippen LogP contribution < -0.4 is 10.6 Å². The number of hydrogen-bond acceptors (Lipinski definition) is 3. The Bertz CT molecular complexity index is 608. The average Bonchev–Trinajstić information content (AvgIpc) is 3.07. The van der Waals surface area contributed by atoms with E-state index in [1.165, 1.54) is 11.6 Å².